The molecule has 1 heterocycles. The van der Waals surface area contributed by atoms with Crippen LogP contribution in [0.25, 0.3) is 11.0 Å². The molecule has 1 unspecified atom stereocenters. The molecular formula is C24H25NO7. The normalized spacial score (nSPS) is 11.6. The Kier molecular flexibility index (Phi) is 7.14. The van der Waals surface area contributed by atoms with Crippen molar-refractivity contribution in [2.45, 2.75) is 32.8 Å². The second-order valence-corrected chi connectivity index (χ2v) is 7.18. The van der Waals surface area contributed by atoms with Gasteiger partial charge in [-0.3, -0.25) is 9.59 Å². The Morgan fingerprint density at radius 2 is 1.84 bits per heavy atom. The summed E-state index contributed by atoms with van der Waals surface area (Å²) >= 11 is 0. The van der Waals surface area contributed by atoms with E-state index in [4.69, 9.17) is 18.6 Å². The lowest BCUT2D eigenvalue weighted by atomic mass is 10.0. The average molecular weight is 439 g/mol. The third-order valence-corrected chi connectivity index (χ3v) is 5.12. The quantitative estimate of drug-likeness (QED) is 0.422. The Balaban J connectivity index is 1.63. The minimum atomic E-state index is -1.02. The van der Waals surface area contributed by atoms with E-state index in [0.717, 1.165) is 10.9 Å². The van der Waals surface area contributed by atoms with E-state index < -0.39 is 23.6 Å². The zero-order valence-electron chi connectivity index (χ0n) is 18.4. The van der Waals surface area contributed by atoms with E-state index in [1.165, 1.54) is 21.1 Å². The number of benzene rings is 2. The Hall–Kier alpha value is -3.81. The van der Waals surface area contributed by atoms with Crippen molar-refractivity contribution < 1.29 is 28.2 Å². The monoisotopic (exact) mass is 439 g/mol. The SMILES string of the molecule is COc1ccc2c(C)c(CCC(=O)OC(C)C(=O)Nc3ccccc3OC)c(=O)oc2c1. The van der Waals surface area contributed by atoms with Crippen molar-refractivity contribution in [3.05, 3.63) is 64.0 Å². The summed E-state index contributed by atoms with van der Waals surface area (Å²) < 4.78 is 21.0. The number of fused-ring (bicyclic) bond motifs is 1. The van der Waals surface area contributed by atoms with Crippen molar-refractivity contribution in [1.82, 2.24) is 0 Å². The number of nitrogens with one attached hydrogen (secondary N) is 1. The topological polar surface area (TPSA) is 104 Å². The first-order valence-electron chi connectivity index (χ1n) is 10.1. The van der Waals surface area contributed by atoms with Gasteiger partial charge >= 0.3 is 11.6 Å². The van der Waals surface area contributed by atoms with Crippen LogP contribution in [0.4, 0.5) is 5.69 Å². The molecule has 168 valence electrons. The zero-order chi connectivity index (χ0) is 23.3. The largest absolute Gasteiger partial charge is 0.497 e. The average Bonchev–Trinajstić information content (AvgIpc) is 2.78. The van der Waals surface area contributed by atoms with E-state index >= 15 is 0 Å². The fourth-order valence-corrected chi connectivity index (χ4v) is 3.31. The number of amides is 1. The number of methoxy groups -OCH3 is 2. The molecular weight excluding hydrogens is 414 g/mol. The zero-order valence-corrected chi connectivity index (χ0v) is 18.4. The lowest BCUT2D eigenvalue weighted by molar-refractivity contribution is -0.153. The molecule has 3 rings (SSSR count). The van der Waals surface area contributed by atoms with Crippen LogP contribution in [0.15, 0.2) is 51.7 Å². The van der Waals surface area contributed by atoms with Crippen molar-refractivity contribution in [2.24, 2.45) is 0 Å². The number of aryl methyl sites for hydroxylation is 1. The van der Waals surface area contributed by atoms with Crippen molar-refractivity contribution in [3.63, 3.8) is 0 Å². The third-order valence-electron chi connectivity index (χ3n) is 5.12. The Morgan fingerprint density at radius 1 is 1.09 bits per heavy atom. The minimum Gasteiger partial charge on any atom is -0.497 e. The first-order chi connectivity index (χ1) is 15.3. The lowest BCUT2D eigenvalue weighted by Gasteiger charge is -2.15. The summed E-state index contributed by atoms with van der Waals surface area (Å²) in [7, 11) is 3.03. The fourth-order valence-electron chi connectivity index (χ4n) is 3.31. The predicted octanol–water partition coefficient (Wildman–Crippen LogP) is 3.62. The summed E-state index contributed by atoms with van der Waals surface area (Å²) in [5.74, 6) is -0.00762. The maximum Gasteiger partial charge on any atom is 0.339 e. The van der Waals surface area contributed by atoms with Crippen molar-refractivity contribution >= 4 is 28.5 Å². The molecule has 1 atom stereocenters. The number of para-hydroxylation sites is 2. The standard InChI is InChI=1S/C24H25NO7/c1-14-17-10-9-16(29-3)13-21(17)32-24(28)18(14)11-12-22(26)31-15(2)23(27)25-19-7-5-6-8-20(19)30-4/h5-10,13,15H,11-12H2,1-4H3,(H,25,27). The molecule has 8 nitrogen and oxygen atoms in total. The van der Waals surface area contributed by atoms with Gasteiger partial charge in [-0.2, -0.15) is 0 Å². The van der Waals surface area contributed by atoms with Crippen LogP contribution in [0.3, 0.4) is 0 Å². The van der Waals surface area contributed by atoms with Crippen molar-refractivity contribution in [3.8, 4) is 11.5 Å². The summed E-state index contributed by atoms with van der Waals surface area (Å²) in [4.78, 5) is 37.1. The van der Waals surface area contributed by atoms with E-state index in [9.17, 15) is 14.4 Å². The van der Waals surface area contributed by atoms with Crippen LogP contribution in [0.2, 0.25) is 0 Å². The third kappa shape index (κ3) is 5.08. The smallest absolute Gasteiger partial charge is 0.339 e. The lowest BCUT2D eigenvalue weighted by Crippen LogP contribution is -2.30. The van der Waals surface area contributed by atoms with Crippen molar-refractivity contribution in [2.75, 3.05) is 19.5 Å². The van der Waals surface area contributed by atoms with Gasteiger partial charge in [0.05, 0.1) is 19.9 Å². The molecule has 0 spiro atoms. The molecule has 1 amide bonds. The Morgan fingerprint density at radius 3 is 2.56 bits per heavy atom. The van der Waals surface area contributed by atoms with E-state index in [0.29, 0.717) is 28.3 Å². The first kappa shape index (κ1) is 22.9. The van der Waals surface area contributed by atoms with E-state index in [1.807, 2.05) is 0 Å². The van der Waals surface area contributed by atoms with Gasteiger partial charge in [0.25, 0.3) is 5.91 Å². The summed E-state index contributed by atoms with van der Waals surface area (Å²) in [5.41, 5.74) is 1.50. The van der Waals surface area contributed by atoms with Crippen LogP contribution in [0.5, 0.6) is 11.5 Å². The maximum absolute atomic E-state index is 12.4. The van der Waals surface area contributed by atoms with Gasteiger partial charge in [0.2, 0.25) is 0 Å². The van der Waals surface area contributed by atoms with Gasteiger partial charge in [0.1, 0.15) is 17.1 Å². The number of anilines is 1. The molecule has 0 aliphatic carbocycles. The highest BCUT2D eigenvalue weighted by Crippen LogP contribution is 2.25. The van der Waals surface area contributed by atoms with Crippen LogP contribution in [-0.4, -0.2) is 32.2 Å². The molecule has 0 aliphatic heterocycles. The highest BCUT2D eigenvalue weighted by molar-refractivity contribution is 5.96. The van der Waals surface area contributed by atoms with Gasteiger partial charge in [-0.25, -0.2) is 4.79 Å². The van der Waals surface area contributed by atoms with E-state index in [1.54, 1.807) is 49.4 Å². The second kappa shape index (κ2) is 10.00. The minimum absolute atomic E-state index is 0.0699. The van der Waals surface area contributed by atoms with Gasteiger partial charge in [0.15, 0.2) is 6.10 Å². The molecule has 32 heavy (non-hydrogen) atoms. The molecule has 2 aromatic carbocycles. The highest BCUT2D eigenvalue weighted by Gasteiger charge is 2.20. The van der Waals surface area contributed by atoms with Gasteiger partial charge in [-0.1, -0.05) is 12.1 Å². The van der Waals surface area contributed by atoms with Crippen LogP contribution in [0, 0.1) is 6.92 Å². The van der Waals surface area contributed by atoms with Crippen LogP contribution in [-0.2, 0) is 20.7 Å². The predicted molar refractivity (Wildman–Crippen MR) is 119 cm³/mol. The van der Waals surface area contributed by atoms with Crippen LogP contribution in [0.1, 0.15) is 24.5 Å². The molecule has 0 fully saturated rings. The van der Waals surface area contributed by atoms with Gasteiger partial charge in [0, 0.05) is 23.4 Å². The summed E-state index contributed by atoms with van der Waals surface area (Å²) in [5, 5.41) is 3.43. The molecule has 0 radical (unpaired) electrons. The highest BCUT2D eigenvalue weighted by atomic mass is 16.5. The number of ether oxygens (including phenoxy) is 3. The molecule has 1 aromatic heterocycles. The van der Waals surface area contributed by atoms with Crippen molar-refractivity contribution in [1.29, 1.82) is 0 Å². The summed E-state index contributed by atoms with van der Waals surface area (Å²) in [6, 6.07) is 12.1. The molecule has 0 aliphatic rings. The second-order valence-electron chi connectivity index (χ2n) is 7.18. The van der Waals surface area contributed by atoms with Crippen LogP contribution < -0.4 is 20.4 Å². The number of carbonyl (C=O) groups is 2. The van der Waals surface area contributed by atoms with Gasteiger partial charge in [-0.15, -0.1) is 0 Å². The number of esters is 1. The maximum atomic E-state index is 12.4. The van der Waals surface area contributed by atoms with E-state index in [2.05, 4.69) is 5.32 Å². The first-order valence-corrected chi connectivity index (χ1v) is 10.1. The molecule has 8 heteroatoms. The summed E-state index contributed by atoms with van der Waals surface area (Å²) in [6.45, 7) is 3.28. The molecule has 0 bridgehead atoms. The molecule has 1 N–H and O–H groups in total. The number of rotatable bonds is 8. The molecule has 0 saturated heterocycles. The van der Waals surface area contributed by atoms with Crippen LogP contribution >= 0.6 is 0 Å². The molecule has 0 saturated carbocycles. The van der Waals surface area contributed by atoms with Gasteiger partial charge < -0.3 is 23.9 Å². The Labute approximate surface area is 185 Å². The fraction of sp³-hybridized carbons (Fsp3) is 0.292. The van der Waals surface area contributed by atoms with E-state index in [-0.39, 0.29) is 12.8 Å². The summed E-state index contributed by atoms with van der Waals surface area (Å²) in [6.07, 6.45) is -0.955. The Bertz CT molecular complexity index is 1200. The number of carbonyl (C=O) groups excluding carboxylic acids is 2. The number of hydrogen-bond acceptors (Lipinski definition) is 7. The number of hydrogen-bond donors (Lipinski definition) is 1. The molecule has 3 aromatic rings. The van der Waals surface area contributed by atoms with Gasteiger partial charge in [-0.05, 0) is 50.1 Å².